The second kappa shape index (κ2) is 3.05. The van der Waals surface area contributed by atoms with Crippen LogP contribution in [0, 0.1) is 13.8 Å². The Morgan fingerprint density at radius 2 is 2.00 bits per heavy atom. The van der Waals surface area contributed by atoms with E-state index in [0.29, 0.717) is 11.4 Å². The van der Waals surface area contributed by atoms with Gasteiger partial charge in [0.2, 0.25) is 10.0 Å². The van der Waals surface area contributed by atoms with Crippen LogP contribution in [-0.4, -0.2) is 24.2 Å². The van der Waals surface area contributed by atoms with Crippen molar-refractivity contribution in [2.45, 2.75) is 44.0 Å². The summed E-state index contributed by atoms with van der Waals surface area (Å²) in [5.41, 5.74) is 0.864. The van der Waals surface area contributed by atoms with Crippen molar-refractivity contribution in [2.24, 2.45) is 0 Å². The number of H-pyrrole nitrogens is 1. The van der Waals surface area contributed by atoms with Crippen LogP contribution in [-0.2, 0) is 10.0 Å². The van der Waals surface area contributed by atoms with Crippen molar-refractivity contribution in [3.63, 3.8) is 0 Å². The third-order valence-corrected chi connectivity index (χ3v) is 4.61. The highest BCUT2D eigenvalue weighted by Crippen LogP contribution is 2.36. The molecule has 0 aliphatic heterocycles. The Morgan fingerprint density at radius 1 is 1.40 bits per heavy atom. The van der Waals surface area contributed by atoms with Crippen LogP contribution in [0.1, 0.15) is 31.2 Å². The second-order valence-electron chi connectivity index (χ2n) is 4.43. The standard InChI is InChI=1S/C9H15N3O2S/c1-6-8(7(2)11-10-6)15(13,14)12-9(3)4-5-9/h12H,4-5H2,1-3H3,(H,10,11). The molecule has 1 aromatic rings. The summed E-state index contributed by atoms with van der Waals surface area (Å²) < 4.78 is 26.7. The molecule has 1 heterocycles. The summed E-state index contributed by atoms with van der Waals surface area (Å²) in [6.07, 6.45) is 1.81. The largest absolute Gasteiger partial charge is 0.281 e. The van der Waals surface area contributed by atoms with Crippen LogP contribution in [0.15, 0.2) is 4.90 Å². The lowest BCUT2D eigenvalue weighted by atomic mass is 10.4. The first kappa shape index (κ1) is 10.6. The van der Waals surface area contributed by atoms with E-state index in [1.807, 2.05) is 6.92 Å². The Balaban J connectivity index is 2.37. The summed E-state index contributed by atoms with van der Waals surface area (Å²) in [5, 5.41) is 6.57. The molecule has 6 heteroatoms. The molecule has 1 aromatic heterocycles. The Bertz CT molecular complexity index is 466. The van der Waals surface area contributed by atoms with E-state index in [0.717, 1.165) is 12.8 Å². The highest BCUT2D eigenvalue weighted by molar-refractivity contribution is 7.89. The lowest BCUT2D eigenvalue weighted by Crippen LogP contribution is -2.34. The van der Waals surface area contributed by atoms with Gasteiger partial charge >= 0.3 is 0 Å². The topological polar surface area (TPSA) is 74.8 Å². The quantitative estimate of drug-likeness (QED) is 0.807. The van der Waals surface area contributed by atoms with Crippen molar-refractivity contribution in [1.29, 1.82) is 0 Å². The molecule has 0 radical (unpaired) electrons. The number of nitrogens with zero attached hydrogens (tertiary/aromatic N) is 1. The molecule has 15 heavy (non-hydrogen) atoms. The summed E-state index contributed by atoms with van der Waals surface area (Å²) in [7, 11) is -3.42. The molecule has 0 amide bonds. The van der Waals surface area contributed by atoms with Gasteiger partial charge in [-0.25, -0.2) is 13.1 Å². The number of aromatic amines is 1. The highest BCUT2D eigenvalue weighted by Gasteiger charge is 2.42. The smallest absolute Gasteiger partial charge is 0.244 e. The zero-order valence-electron chi connectivity index (χ0n) is 9.09. The predicted octanol–water partition coefficient (Wildman–Crippen LogP) is 0.857. The summed E-state index contributed by atoms with van der Waals surface area (Å²) in [4.78, 5) is 0.288. The van der Waals surface area contributed by atoms with E-state index in [1.165, 1.54) is 0 Å². The van der Waals surface area contributed by atoms with Crippen LogP contribution < -0.4 is 4.72 Å². The molecule has 0 bridgehead atoms. The number of sulfonamides is 1. The summed E-state index contributed by atoms with van der Waals surface area (Å²) in [6.45, 7) is 5.31. The van der Waals surface area contributed by atoms with E-state index in [-0.39, 0.29) is 10.4 Å². The van der Waals surface area contributed by atoms with E-state index in [4.69, 9.17) is 0 Å². The van der Waals surface area contributed by atoms with Crippen molar-refractivity contribution >= 4 is 10.0 Å². The fourth-order valence-electron chi connectivity index (χ4n) is 1.60. The first-order valence-corrected chi connectivity index (χ1v) is 6.38. The first-order chi connectivity index (χ1) is 6.84. The lowest BCUT2D eigenvalue weighted by Gasteiger charge is -2.11. The van der Waals surface area contributed by atoms with Gasteiger partial charge in [-0.15, -0.1) is 0 Å². The van der Waals surface area contributed by atoms with Crippen LogP contribution in [0.5, 0.6) is 0 Å². The van der Waals surface area contributed by atoms with Gasteiger partial charge in [0.1, 0.15) is 4.90 Å². The first-order valence-electron chi connectivity index (χ1n) is 4.90. The van der Waals surface area contributed by atoms with Crippen LogP contribution >= 0.6 is 0 Å². The van der Waals surface area contributed by atoms with E-state index in [2.05, 4.69) is 14.9 Å². The van der Waals surface area contributed by atoms with Crippen molar-refractivity contribution in [3.8, 4) is 0 Å². The fraction of sp³-hybridized carbons (Fsp3) is 0.667. The van der Waals surface area contributed by atoms with Gasteiger partial charge in [0.05, 0.1) is 11.4 Å². The lowest BCUT2D eigenvalue weighted by molar-refractivity contribution is 0.557. The normalized spacial score (nSPS) is 19.1. The molecular formula is C9H15N3O2S. The minimum atomic E-state index is -3.42. The Labute approximate surface area is 89.3 Å². The van der Waals surface area contributed by atoms with Gasteiger partial charge in [-0.3, -0.25) is 5.10 Å². The molecule has 0 aromatic carbocycles. The van der Waals surface area contributed by atoms with Gasteiger partial charge < -0.3 is 0 Å². The van der Waals surface area contributed by atoms with Gasteiger partial charge in [0.25, 0.3) is 0 Å². The average Bonchev–Trinajstić information content (AvgIpc) is 2.67. The van der Waals surface area contributed by atoms with Crippen molar-refractivity contribution in [3.05, 3.63) is 11.4 Å². The Morgan fingerprint density at radius 3 is 2.40 bits per heavy atom. The minimum absolute atomic E-state index is 0.241. The molecule has 1 aliphatic rings. The molecule has 0 saturated heterocycles. The van der Waals surface area contributed by atoms with Gasteiger partial charge in [0, 0.05) is 5.54 Å². The predicted molar refractivity (Wildman–Crippen MR) is 56.0 cm³/mol. The second-order valence-corrected chi connectivity index (χ2v) is 6.05. The monoisotopic (exact) mass is 229 g/mol. The van der Waals surface area contributed by atoms with E-state index >= 15 is 0 Å². The van der Waals surface area contributed by atoms with Crippen molar-refractivity contribution in [1.82, 2.24) is 14.9 Å². The van der Waals surface area contributed by atoms with Gasteiger partial charge in [-0.2, -0.15) is 5.10 Å². The van der Waals surface area contributed by atoms with Gasteiger partial charge in [-0.1, -0.05) is 0 Å². The third kappa shape index (κ3) is 1.91. The minimum Gasteiger partial charge on any atom is -0.281 e. The van der Waals surface area contributed by atoms with E-state index < -0.39 is 10.0 Å². The average molecular weight is 229 g/mol. The van der Waals surface area contributed by atoms with Gasteiger partial charge in [-0.05, 0) is 33.6 Å². The third-order valence-electron chi connectivity index (χ3n) is 2.71. The van der Waals surface area contributed by atoms with Crippen LogP contribution in [0.2, 0.25) is 0 Å². The molecule has 2 N–H and O–H groups in total. The number of hydrogen-bond donors (Lipinski definition) is 2. The molecule has 0 unspecified atom stereocenters. The SMILES string of the molecule is Cc1n[nH]c(C)c1S(=O)(=O)NC1(C)CC1. The summed E-state index contributed by atoms with van der Waals surface area (Å²) in [6, 6.07) is 0. The summed E-state index contributed by atoms with van der Waals surface area (Å²) >= 11 is 0. The fourth-order valence-corrected chi connectivity index (χ4v) is 3.44. The zero-order valence-corrected chi connectivity index (χ0v) is 9.90. The maximum absolute atomic E-state index is 12.0. The Kier molecular flexibility index (Phi) is 2.16. The number of hydrogen-bond acceptors (Lipinski definition) is 3. The molecule has 0 atom stereocenters. The molecule has 1 aliphatic carbocycles. The number of rotatable bonds is 3. The maximum atomic E-state index is 12.0. The number of aromatic nitrogens is 2. The van der Waals surface area contributed by atoms with Crippen LogP contribution in [0.25, 0.3) is 0 Å². The van der Waals surface area contributed by atoms with Crippen LogP contribution in [0.3, 0.4) is 0 Å². The van der Waals surface area contributed by atoms with E-state index in [1.54, 1.807) is 13.8 Å². The Hall–Kier alpha value is -0.880. The molecular weight excluding hydrogens is 214 g/mol. The van der Waals surface area contributed by atoms with Crippen molar-refractivity contribution in [2.75, 3.05) is 0 Å². The van der Waals surface area contributed by atoms with Crippen LogP contribution in [0.4, 0.5) is 0 Å². The molecule has 1 fully saturated rings. The zero-order chi connectivity index (χ0) is 11.3. The molecule has 84 valence electrons. The van der Waals surface area contributed by atoms with E-state index in [9.17, 15) is 8.42 Å². The van der Waals surface area contributed by atoms with Crippen molar-refractivity contribution < 1.29 is 8.42 Å². The maximum Gasteiger partial charge on any atom is 0.244 e. The number of aryl methyl sites for hydroxylation is 2. The molecule has 0 spiro atoms. The molecule has 2 rings (SSSR count). The van der Waals surface area contributed by atoms with Gasteiger partial charge in [0.15, 0.2) is 0 Å². The number of nitrogens with one attached hydrogen (secondary N) is 2. The highest BCUT2D eigenvalue weighted by atomic mass is 32.2. The molecule has 1 saturated carbocycles. The molecule has 5 nitrogen and oxygen atoms in total. The summed E-state index contributed by atoms with van der Waals surface area (Å²) in [5.74, 6) is 0.